The lowest BCUT2D eigenvalue weighted by Gasteiger charge is -2.11. The minimum Gasteiger partial charge on any atom is -0.316 e. The summed E-state index contributed by atoms with van der Waals surface area (Å²) in [4.78, 5) is 4.12. The minimum absolute atomic E-state index is 0.134. The normalized spacial score (nSPS) is 11.4. The van der Waals surface area contributed by atoms with Crippen molar-refractivity contribution in [3.63, 3.8) is 0 Å². The van der Waals surface area contributed by atoms with Crippen LogP contribution in [-0.2, 0) is 16.6 Å². The highest BCUT2D eigenvalue weighted by Gasteiger charge is 2.17. The number of sulfonamides is 1. The lowest BCUT2D eigenvalue weighted by atomic mass is 10.2. The maximum atomic E-state index is 12.4. The van der Waals surface area contributed by atoms with E-state index in [1.54, 1.807) is 25.2 Å². The molecule has 0 amide bonds. The molecule has 8 heteroatoms. The zero-order chi connectivity index (χ0) is 15.5. The molecule has 0 aliphatic rings. The van der Waals surface area contributed by atoms with Crippen LogP contribution in [0.15, 0.2) is 45.9 Å². The highest BCUT2D eigenvalue weighted by atomic mass is 79.9. The highest BCUT2D eigenvalue weighted by Crippen LogP contribution is 2.24. The van der Waals surface area contributed by atoms with Crippen molar-refractivity contribution in [3.8, 4) is 0 Å². The van der Waals surface area contributed by atoms with Crippen LogP contribution < -0.4 is 10.0 Å². The van der Waals surface area contributed by atoms with Crippen molar-refractivity contribution in [2.75, 3.05) is 11.8 Å². The summed E-state index contributed by atoms with van der Waals surface area (Å²) < 4.78 is 27.8. The monoisotopic (exact) mass is 389 g/mol. The van der Waals surface area contributed by atoms with Gasteiger partial charge in [-0.3, -0.25) is 4.72 Å². The molecule has 2 rings (SSSR count). The molecule has 0 spiro atoms. The molecule has 1 heterocycles. The van der Waals surface area contributed by atoms with Crippen LogP contribution in [0.5, 0.6) is 0 Å². The number of nitrogens with zero attached hydrogens (tertiary/aromatic N) is 1. The number of benzene rings is 1. The molecule has 0 saturated carbocycles. The average Bonchev–Trinajstić information content (AvgIpc) is 2.44. The van der Waals surface area contributed by atoms with E-state index in [2.05, 4.69) is 31.0 Å². The Labute approximate surface area is 136 Å². The lowest BCUT2D eigenvalue weighted by molar-refractivity contribution is 0.600. The third-order valence-electron chi connectivity index (χ3n) is 2.68. The molecule has 0 bridgehead atoms. The maximum absolute atomic E-state index is 12.4. The lowest BCUT2D eigenvalue weighted by Crippen LogP contribution is -2.15. The Bertz CT molecular complexity index is 753. The van der Waals surface area contributed by atoms with E-state index in [-0.39, 0.29) is 10.7 Å². The second kappa shape index (κ2) is 6.74. The predicted molar refractivity (Wildman–Crippen MR) is 87.0 cm³/mol. The Kier molecular flexibility index (Phi) is 5.21. The number of hydrogen-bond donors (Lipinski definition) is 2. The van der Waals surface area contributed by atoms with E-state index in [0.717, 1.165) is 0 Å². The maximum Gasteiger partial charge on any atom is 0.263 e. The van der Waals surface area contributed by atoms with Crippen LogP contribution >= 0.6 is 27.5 Å². The summed E-state index contributed by atoms with van der Waals surface area (Å²) in [6.45, 7) is 0.482. The van der Waals surface area contributed by atoms with Gasteiger partial charge in [0.15, 0.2) is 5.82 Å². The molecule has 0 atom stereocenters. The largest absolute Gasteiger partial charge is 0.316 e. The molecule has 112 valence electrons. The van der Waals surface area contributed by atoms with Crippen LogP contribution in [0, 0.1) is 0 Å². The SMILES string of the molecule is CNCc1cc(S(=O)(=O)Nc2ncccc2Br)ccc1Cl. The quantitative estimate of drug-likeness (QED) is 0.823. The van der Waals surface area contributed by atoms with Crippen LogP contribution in [0.4, 0.5) is 5.82 Å². The highest BCUT2D eigenvalue weighted by molar-refractivity contribution is 9.10. The van der Waals surface area contributed by atoms with Crippen LogP contribution in [0.25, 0.3) is 0 Å². The summed E-state index contributed by atoms with van der Waals surface area (Å²) in [5, 5.41) is 3.46. The second-order valence-corrected chi connectivity index (χ2v) is 7.17. The Hall–Kier alpha value is -1.15. The molecular weight excluding hydrogens is 378 g/mol. The molecule has 0 unspecified atom stereocenters. The van der Waals surface area contributed by atoms with Crippen molar-refractivity contribution in [2.24, 2.45) is 0 Å². The van der Waals surface area contributed by atoms with Crippen molar-refractivity contribution in [1.82, 2.24) is 10.3 Å². The van der Waals surface area contributed by atoms with E-state index in [1.807, 2.05) is 0 Å². The molecule has 1 aromatic carbocycles. The van der Waals surface area contributed by atoms with E-state index in [9.17, 15) is 8.42 Å². The van der Waals surface area contributed by atoms with Crippen molar-refractivity contribution < 1.29 is 8.42 Å². The van der Waals surface area contributed by atoms with Gasteiger partial charge in [0.2, 0.25) is 0 Å². The zero-order valence-electron chi connectivity index (χ0n) is 11.1. The first-order chi connectivity index (χ1) is 9.94. The van der Waals surface area contributed by atoms with E-state index in [1.165, 1.54) is 18.3 Å². The summed E-state index contributed by atoms with van der Waals surface area (Å²) in [7, 11) is -1.96. The summed E-state index contributed by atoms with van der Waals surface area (Å²) in [5.41, 5.74) is 0.710. The van der Waals surface area contributed by atoms with Gasteiger partial charge in [-0.05, 0) is 58.9 Å². The van der Waals surface area contributed by atoms with Gasteiger partial charge in [0, 0.05) is 17.8 Å². The Balaban J connectivity index is 2.36. The van der Waals surface area contributed by atoms with Gasteiger partial charge in [-0.25, -0.2) is 13.4 Å². The van der Waals surface area contributed by atoms with Gasteiger partial charge < -0.3 is 5.32 Å². The van der Waals surface area contributed by atoms with Crippen molar-refractivity contribution in [1.29, 1.82) is 0 Å². The average molecular weight is 391 g/mol. The third kappa shape index (κ3) is 3.94. The molecule has 1 aromatic heterocycles. The summed E-state index contributed by atoms with van der Waals surface area (Å²) in [6, 6.07) is 7.98. The molecule has 2 aromatic rings. The number of rotatable bonds is 5. The standard InChI is InChI=1S/C13H13BrClN3O2S/c1-16-8-9-7-10(4-5-12(9)15)21(19,20)18-13-11(14)3-2-6-17-13/h2-7,16H,8H2,1H3,(H,17,18). The summed E-state index contributed by atoms with van der Waals surface area (Å²) in [5.74, 6) is 0.239. The van der Waals surface area contributed by atoms with Gasteiger partial charge in [-0.2, -0.15) is 0 Å². The Morgan fingerprint density at radius 2 is 2.10 bits per heavy atom. The minimum atomic E-state index is -3.72. The van der Waals surface area contributed by atoms with Gasteiger partial charge in [0.25, 0.3) is 10.0 Å². The van der Waals surface area contributed by atoms with E-state index in [4.69, 9.17) is 11.6 Å². The predicted octanol–water partition coefficient (Wildman–Crippen LogP) is 3.02. The number of anilines is 1. The van der Waals surface area contributed by atoms with Gasteiger partial charge in [-0.15, -0.1) is 0 Å². The Morgan fingerprint density at radius 3 is 2.76 bits per heavy atom. The number of halogens is 2. The molecule has 0 fully saturated rings. The fraction of sp³-hybridized carbons (Fsp3) is 0.154. The molecule has 0 saturated heterocycles. The number of pyridine rings is 1. The summed E-state index contributed by atoms with van der Waals surface area (Å²) >= 11 is 9.29. The first-order valence-electron chi connectivity index (χ1n) is 6.00. The molecule has 0 aliphatic carbocycles. The van der Waals surface area contributed by atoms with Crippen LogP contribution in [0.2, 0.25) is 5.02 Å². The fourth-order valence-electron chi connectivity index (χ4n) is 1.69. The smallest absolute Gasteiger partial charge is 0.263 e. The third-order valence-corrected chi connectivity index (χ3v) is 5.03. The number of nitrogens with one attached hydrogen (secondary N) is 2. The van der Waals surface area contributed by atoms with Gasteiger partial charge in [0.1, 0.15) is 0 Å². The number of hydrogen-bond acceptors (Lipinski definition) is 4. The van der Waals surface area contributed by atoms with Gasteiger partial charge in [0.05, 0.1) is 9.37 Å². The van der Waals surface area contributed by atoms with E-state index < -0.39 is 10.0 Å². The number of aromatic nitrogens is 1. The summed E-state index contributed by atoms with van der Waals surface area (Å²) in [6.07, 6.45) is 1.51. The molecule has 5 nitrogen and oxygen atoms in total. The van der Waals surface area contributed by atoms with Crippen LogP contribution in [0.3, 0.4) is 0 Å². The molecule has 21 heavy (non-hydrogen) atoms. The van der Waals surface area contributed by atoms with E-state index in [0.29, 0.717) is 21.6 Å². The van der Waals surface area contributed by atoms with Crippen molar-refractivity contribution in [2.45, 2.75) is 11.4 Å². The van der Waals surface area contributed by atoms with E-state index >= 15 is 0 Å². The van der Waals surface area contributed by atoms with Crippen LogP contribution in [-0.4, -0.2) is 20.4 Å². The molecule has 2 N–H and O–H groups in total. The van der Waals surface area contributed by atoms with Crippen molar-refractivity contribution in [3.05, 3.63) is 51.6 Å². The first kappa shape index (κ1) is 16.2. The molecular formula is C13H13BrClN3O2S. The molecule has 0 radical (unpaired) electrons. The zero-order valence-corrected chi connectivity index (χ0v) is 14.3. The first-order valence-corrected chi connectivity index (χ1v) is 8.66. The second-order valence-electron chi connectivity index (χ2n) is 4.22. The van der Waals surface area contributed by atoms with Gasteiger partial charge in [-0.1, -0.05) is 11.6 Å². The van der Waals surface area contributed by atoms with Crippen molar-refractivity contribution >= 4 is 43.4 Å². The topological polar surface area (TPSA) is 71.1 Å². The van der Waals surface area contributed by atoms with Crippen LogP contribution in [0.1, 0.15) is 5.56 Å². The molecule has 0 aliphatic heterocycles. The fourth-order valence-corrected chi connectivity index (χ4v) is 3.44. The Morgan fingerprint density at radius 1 is 1.33 bits per heavy atom. The van der Waals surface area contributed by atoms with Gasteiger partial charge >= 0.3 is 0 Å².